The van der Waals surface area contributed by atoms with E-state index in [0.29, 0.717) is 11.3 Å². The van der Waals surface area contributed by atoms with E-state index < -0.39 is 4.92 Å². The number of nitro groups is 1. The summed E-state index contributed by atoms with van der Waals surface area (Å²) in [6.45, 7) is 3.84. The molecule has 0 bridgehead atoms. The lowest BCUT2D eigenvalue weighted by Crippen LogP contribution is -2.08. The van der Waals surface area contributed by atoms with E-state index >= 15 is 0 Å². The maximum atomic E-state index is 10.8. The highest BCUT2D eigenvalue weighted by Gasteiger charge is 2.07. The van der Waals surface area contributed by atoms with Crippen molar-refractivity contribution in [3.63, 3.8) is 0 Å². The Kier molecular flexibility index (Phi) is 5.09. The van der Waals surface area contributed by atoms with Gasteiger partial charge in [0.1, 0.15) is 0 Å². The highest BCUT2D eigenvalue weighted by molar-refractivity contribution is 5.80. The van der Waals surface area contributed by atoms with Crippen LogP contribution < -0.4 is 10.3 Å². The van der Waals surface area contributed by atoms with Crippen molar-refractivity contribution in [2.45, 2.75) is 0 Å². The van der Waals surface area contributed by atoms with Gasteiger partial charge in [-0.15, -0.1) is 0 Å². The zero-order valence-corrected chi connectivity index (χ0v) is 13.1. The molecule has 0 fully saturated rings. The first-order valence-corrected chi connectivity index (χ1v) is 6.97. The van der Waals surface area contributed by atoms with Gasteiger partial charge < -0.3 is 4.90 Å². The molecule has 0 aliphatic rings. The van der Waals surface area contributed by atoms with Crippen molar-refractivity contribution in [1.82, 2.24) is 5.43 Å². The first-order valence-electron chi connectivity index (χ1n) is 6.97. The van der Waals surface area contributed by atoms with Gasteiger partial charge in [-0.25, -0.2) is 0 Å². The third-order valence-electron chi connectivity index (χ3n) is 3.23. The second kappa shape index (κ2) is 7.22. The van der Waals surface area contributed by atoms with Crippen molar-refractivity contribution in [2.24, 2.45) is 5.10 Å². The molecule has 2 aromatic carbocycles. The zero-order chi connectivity index (χ0) is 16.8. The lowest BCUT2D eigenvalue weighted by Gasteiger charge is -2.11. The molecule has 0 radical (unpaired) electrons. The number of nitro benzene ring substituents is 1. The van der Waals surface area contributed by atoms with Crippen LogP contribution in [0.2, 0.25) is 0 Å². The molecule has 0 aliphatic carbocycles. The summed E-state index contributed by atoms with van der Waals surface area (Å²) in [6.07, 6.45) is 1.67. The number of benzene rings is 2. The fourth-order valence-electron chi connectivity index (χ4n) is 1.91. The Bertz CT molecular complexity index is 737. The molecule has 0 spiro atoms. The van der Waals surface area contributed by atoms with Crippen LogP contribution in [0, 0.1) is 10.1 Å². The molecule has 6 nitrogen and oxygen atoms in total. The van der Waals surface area contributed by atoms with Gasteiger partial charge in [0.05, 0.1) is 16.8 Å². The van der Waals surface area contributed by atoms with E-state index in [4.69, 9.17) is 0 Å². The number of anilines is 1. The summed E-state index contributed by atoms with van der Waals surface area (Å²) in [7, 11) is 3.96. The monoisotopic (exact) mass is 310 g/mol. The van der Waals surface area contributed by atoms with E-state index in [2.05, 4.69) is 17.1 Å². The topological polar surface area (TPSA) is 70.8 Å². The van der Waals surface area contributed by atoms with Crippen molar-refractivity contribution < 1.29 is 4.92 Å². The van der Waals surface area contributed by atoms with Crippen LogP contribution in [0.3, 0.4) is 0 Å². The molecule has 0 saturated heterocycles. The van der Waals surface area contributed by atoms with Gasteiger partial charge in [0.15, 0.2) is 0 Å². The Morgan fingerprint density at radius 1 is 1.26 bits per heavy atom. The van der Waals surface area contributed by atoms with Gasteiger partial charge in [0.25, 0.3) is 5.69 Å². The van der Waals surface area contributed by atoms with Crippen LogP contribution in [0.4, 0.5) is 11.4 Å². The van der Waals surface area contributed by atoms with E-state index in [-0.39, 0.29) is 5.69 Å². The first-order chi connectivity index (χ1) is 11.0. The second-order valence-corrected chi connectivity index (χ2v) is 5.14. The second-order valence-electron chi connectivity index (χ2n) is 5.14. The maximum absolute atomic E-state index is 10.8. The van der Waals surface area contributed by atoms with Crippen LogP contribution in [0.5, 0.6) is 0 Å². The molecule has 0 aliphatic heterocycles. The average Bonchev–Trinajstić information content (AvgIpc) is 2.55. The molecule has 0 atom stereocenters. The Morgan fingerprint density at radius 3 is 2.57 bits per heavy atom. The lowest BCUT2D eigenvalue weighted by atomic mass is 10.1. The van der Waals surface area contributed by atoms with Crippen molar-refractivity contribution in [3.8, 4) is 0 Å². The molecule has 1 N–H and O–H groups in total. The van der Waals surface area contributed by atoms with Crippen LogP contribution >= 0.6 is 0 Å². The number of hydrogen-bond donors (Lipinski definition) is 1. The summed E-state index contributed by atoms with van der Waals surface area (Å²) in [6, 6.07) is 14.2. The van der Waals surface area contributed by atoms with E-state index in [1.807, 2.05) is 43.3 Å². The normalized spacial score (nSPS) is 10.5. The van der Waals surface area contributed by atoms with Gasteiger partial charge in [-0.05, 0) is 17.7 Å². The van der Waals surface area contributed by atoms with Crippen molar-refractivity contribution >= 4 is 23.3 Å². The predicted octanol–water partition coefficient (Wildman–Crippen LogP) is 3.26. The van der Waals surface area contributed by atoms with Gasteiger partial charge >= 0.3 is 0 Å². The maximum Gasteiger partial charge on any atom is 0.270 e. The SMILES string of the molecule is C=C(N/N=C\c1ccc(N(C)C)cc1)c1cccc([N+](=O)[O-])c1. The van der Waals surface area contributed by atoms with Crippen LogP contribution in [0.25, 0.3) is 5.70 Å². The largest absolute Gasteiger partial charge is 0.378 e. The first kappa shape index (κ1) is 16.2. The minimum Gasteiger partial charge on any atom is -0.378 e. The number of non-ortho nitro benzene ring substituents is 1. The molecule has 23 heavy (non-hydrogen) atoms. The fraction of sp³-hybridized carbons (Fsp3) is 0.118. The summed E-state index contributed by atoms with van der Waals surface area (Å²) in [5, 5.41) is 14.9. The number of hydrogen-bond acceptors (Lipinski definition) is 5. The molecule has 0 heterocycles. The highest BCUT2D eigenvalue weighted by Crippen LogP contribution is 2.17. The van der Waals surface area contributed by atoms with Crippen molar-refractivity contribution in [2.75, 3.05) is 19.0 Å². The van der Waals surface area contributed by atoms with Gasteiger partial charge in [-0.2, -0.15) is 5.10 Å². The van der Waals surface area contributed by atoms with Crippen LogP contribution in [-0.4, -0.2) is 25.2 Å². The Morgan fingerprint density at radius 2 is 1.96 bits per heavy atom. The number of nitrogens with zero attached hydrogens (tertiary/aromatic N) is 3. The molecule has 0 unspecified atom stereocenters. The summed E-state index contributed by atoms with van der Waals surface area (Å²) in [5.41, 5.74) is 5.98. The Hall–Kier alpha value is -3.15. The minimum absolute atomic E-state index is 0.0219. The molecule has 0 aromatic heterocycles. The quantitative estimate of drug-likeness (QED) is 0.505. The molecular formula is C17H18N4O2. The molecule has 2 aromatic rings. The van der Waals surface area contributed by atoms with Gasteiger partial charge in [0.2, 0.25) is 0 Å². The van der Waals surface area contributed by atoms with Crippen molar-refractivity contribution in [1.29, 1.82) is 0 Å². The standard InChI is InChI=1S/C17H18N4O2/c1-13(15-5-4-6-17(11-15)21(22)23)19-18-12-14-7-9-16(10-8-14)20(2)3/h4-12,19H,1H2,2-3H3/b18-12-. The molecule has 2 rings (SSSR count). The van der Waals surface area contributed by atoms with Crippen LogP contribution in [0.15, 0.2) is 60.2 Å². The molecule has 0 saturated carbocycles. The number of rotatable bonds is 6. The van der Waals surface area contributed by atoms with E-state index in [9.17, 15) is 10.1 Å². The third kappa shape index (κ3) is 4.41. The van der Waals surface area contributed by atoms with Crippen LogP contribution in [0.1, 0.15) is 11.1 Å². The fourth-order valence-corrected chi connectivity index (χ4v) is 1.91. The van der Waals surface area contributed by atoms with Crippen LogP contribution in [-0.2, 0) is 0 Å². The van der Waals surface area contributed by atoms with Gasteiger partial charge in [-0.3, -0.25) is 15.5 Å². The lowest BCUT2D eigenvalue weighted by molar-refractivity contribution is -0.384. The smallest absolute Gasteiger partial charge is 0.270 e. The average molecular weight is 310 g/mol. The summed E-state index contributed by atoms with van der Waals surface area (Å²) < 4.78 is 0. The molecule has 0 amide bonds. The molecule has 118 valence electrons. The Labute approximate surface area is 134 Å². The predicted molar refractivity (Wildman–Crippen MR) is 93.6 cm³/mol. The van der Waals surface area contributed by atoms with Crippen molar-refractivity contribution in [3.05, 3.63) is 76.4 Å². The van der Waals surface area contributed by atoms with E-state index in [1.165, 1.54) is 12.1 Å². The summed E-state index contributed by atoms with van der Waals surface area (Å²) in [4.78, 5) is 12.4. The van der Waals surface area contributed by atoms with E-state index in [1.54, 1.807) is 18.3 Å². The third-order valence-corrected chi connectivity index (χ3v) is 3.23. The summed E-state index contributed by atoms with van der Waals surface area (Å²) >= 11 is 0. The van der Waals surface area contributed by atoms with E-state index in [0.717, 1.165) is 11.3 Å². The number of nitrogens with one attached hydrogen (secondary N) is 1. The number of hydrazone groups is 1. The Balaban J connectivity index is 2.01. The zero-order valence-electron chi connectivity index (χ0n) is 13.1. The van der Waals surface area contributed by atoms with Gasteiger partial charge in [0, 0.05) is 37.5 Å². The highest BCUT2D eigenvalue weighted by atomic mass is 16.6. The summed E-state index contributed by atoms with van der Waals surface area (Å²) in [5.74, 6) is 0. The minimum atomic E-state index is -0.438. The molecular weight excluding hydrogens is 292 g/mol. The van der Waals surface area contributed by atoms with Gasteiger partial charge in [-0.1, -0.05) is 30.8 Å². The molecule has 6 heteroatoms.